The van der Waals surface area contributed by atoms with E-state index in [2.05, 4.69) is 10.6 Å². The fraction of sp³-hybridized carbons (Fsp3) is 0.417. The first-order valence-corrected chi connectivity index (χ1v) is 6.47. The van der Waals surface area contributed by atoms with E-state index in [0.29, 0.717) is 35.1 Å². The van der Waals surface area contributed by atoms with Crippen LogP contribution in [0.3, 0.4) is 0 Å². The number of hydrogen-bond donors (Lipinski definition) is 3. The van der Waals surface area contributed by atoms with E-state index in [0.717, 1.165) is 0 Å². The van der Waals surface area contributed by atoms with Crippen LogP contribution in [0.15, 0.2) is 18.2 Å². The zero-order valence-electron chi connectivity index (χ0n) is 10.0. The average molecular weight is 291 g/mol. The van der Waals surface area contributed by atoms with Gasteiger partial charge in [-0.3, -0.25) is 0 Å². The molecular formula is C12H16Cl2N2O2. The van der Waals surface area contributed by atoms with Crippen molar-refractivity contribution in [3.05, 3.63) is 28.2 Å². The van der Waals surface area contributed by atoms with Gasteiger partial charge in [0.1, 0.15) is 0 Å². The van der Waals surface area contributed by atoms with Crippen LogP contribution in [0.4, 0.5) is 10.5 Å². The summed E-state index contributed by atoms with van der Waals surface area (Å²) in [5.74, 6) is 0. The van der Waals surface area contributed by atoms with Gasteiger partial charge in [-0.15, -0.1) is 0 Å². The smallest absolute Gasteiger partial charge is 0.319 e. The quantitative estimate of drug-likeness (QED) is 0.779. The number of benzene rings is 1. The molecule has 1 aromatic rings. The number of aliphatic hydroxyl groups excluding tert-OH is 1. The average Bonchev–Trinajstić information content (AvgIpc) is 2.34. The van der Waals surface area contributed by atoms with E-state index >= 15 is 0 Å². The third-order valence-electron chi connectivity index (χ3n) is 2.43. The van der Waals surface area contributed by atoms with Crippen LogP contribution >= 0.6 is 23.2 Å². The van der Waals surface area contributed by atoms with Gasteiger partial charge < -0.3 is 15.7 Å². The Hall–Kier alpha value is -0.970. The van der Waals surface area contributed by atoms with Gasteiger partial charge in [-0.2, -0.15) is 0 Å². The van der Waals surface area contributed by atoms with Crippen molar-refractivity contribution in [3.63, 3.8) is 0 Å². The number of halogens is 2. The predicted octanol–water partition coefficient (Wildman–Crippen LogP) is 3.28. The molecule has 1 rings (SSSR count). The summed E-state index contributed by atoms with van der Waals surface area (Å²) in [6, 6.07) is 4.63. The molecule has 1 unspecified atom stereocenters. The van der Waals surface area contributed by atoms with Gasteiger partial charge in [0.05, 0.1) is 21.8 Å². The van der Waals surface area contributed by atoms with Crippen molar-refractivity contribution in [1.82, 2.24) is 5.32 Å². The Labute approximate surface area is 116 Å². The molecule has 0 saturated heterocycles. The molecule has 4 nitrogen and oxygen atoms in total. The predicted molar refractivity (Wildman–Crippen MR) is 74.4 cm³/mol. The van der Waals surface area contributed by atoms with Crippen LogP contribution < -0.4 is 10.6 Å². The fourth-order valence-corrected chi connectivity index (χ4v) is 1.67. The van der Waals surface area contributed by atoms with Crippen molar-refractivity contribution in [1.29, 1.82) is 0 Å². The number of carbonyl (C=O) groups is 1. The van der Waals surface area contributed by atoms with E-state index in [1.54, 1.807) is 18.2 Å². The third-order valence-corrected chi connectivity index (χ3v) is 3.25. The van der Waals surface area contributed by atoms with Gasteiger partial charge in [0.15, 0.2) is 0 Å². The number of rotatable bonds is 5. The minimum Gasteiger partial charge on any atom is -0.393 e. The van der Waals surface area contributed by atoms with Crippen molar-refractivity contribution in [3.8, 4) is 0 Å². The number of anilines is 1. The van der Waals surface area contributed by atoms with Crippen molar-refractivity contribution < 1.29 is 9.90 Å². The molecule has 6 heteroatoms. The van der Waals surface area contributed by atoms with E-state index in [1.165, 1.54) is 0 Å². The molecule has 0 aromatic heterocycles. The molecular weight excluding hydrogens is 275 g/mol. The number of carbonyl (C=O) groups excluding carboxylic acids is 1. The Kier molecular flexibility index (Phi) is 6.25. The summed E-state index contributed by atoms with van der Waals surface area (Å²) in [5.41, 5.74) is 0.456. The molecule has 3 N–H and O–H groups in total. The second-order valence-electron chi connectivity index (χ2n) is 3.83. The van der Waals surface area contributed by atoms with Crippen molar-refractivity contribution in [2.45, 2.75) is 25.9 Å². The minimum atomic E-state index is -0.389. The molecule has 18 heavy (non-hydrogen) atoms. The molecule has 0 fully saturated rings. The lowest BCUT2D eigenvalue weighted by Crippen LogP contribution is -2.31. The number of amides is 2. The summed E-state index contributed by atoms with van der Waals surface area (Å²) in [6.45, 7) is 2.29. The molecule has 1 aromatic carbocycles. The molecule has 1 atom stereocenters. The molecule has 0 bridgehead atoms. The van der Waals surface area contributed by atoms with E-state index < -0.39 is 0 Å². The van der Waals surface area contributed by atoms with Crippen LogP contribution in [0.25, 0.3) is 0 Å². The summed E-state index contributed by atoms with van der Waals surface area (Å²) in [4.78, 5) is 11.5. The molecule has 0 radical (unpaired) electrons. The van der Waals surface area contributed by atoms with Gasteiger partial charge in [0.2, 0.25) is 0 Å². The monoisotopic (exact) mass is 290 g/mol. The van der Waals surface area contributed by atoms with Gasteiger partial charge >= 0.3 is 6.03 Å². The largest absolute Gasteiger partial charge is 0.393 e. The van der Waals surface area contributed by atoms with Gasteiger partial charge in [-0.1, -0.05) is 36.2 Å². The van der Waals surface area contributed by atoms with Crippen LogP contribution in [0.1, 0.15) is 19.8 Å². The molecule has 2 amide bonds. The minimum absolute atomic E-state index is 0.308. The molecule has 0 aliphatic carbocycles. The van der Waals surface area contributed by atoms with Crippen LogP contribution in [0.2, 0.25) is 10.0 Å². The van der Waals surface area contributed by atoms with Gasteiger partial charge in [0.25, 0.3) is 0 Å². The molecule has 0 saturated carbocycles. The van der Waals surface area contributed by atoms with Gasteiger partial charge in [-0.05, 0) is 25.0 Å². The van der Waals surface area contributed by atoms with Crippen molar-refractivity contribution in [2.24, 2.45) is 0 Å². The molecule has 0 spiro atoms. The maximum Gasteiger partial charge on any atom is 0.319 e. The zero-order chi connectivity index (χ0) is 13.5. The summed E-state index contributed by atoms with van der Waals surface area (Å²) < 4.78 is 0. The Morgan fingerprint density at radius 2 is 2.17 bits per heavy atom. The number of nitrogens with one attached hydrogen (secondary N) is 2. The van der Waals surface area contributed by atoms with E-state index in [9.17, 15) is 9.90 Å². The molecule has 0 heterocycles. The number of urea groups is 1. The Morgan fingerprint density at radius 3 is 2.83 bits per heavy atom. The van der Waals surface area contributed by atoms with Crippen LogP contribution in [0, 0.1) is 0 Å². The lowest BCUT2D eigenvalue weighted by atomic mass is 10.2. The Bertz CT molecular complexity index is 413. The highest BCUT2D eigenvalue weighted by atomic mass is 35.5. The Balaban J connectivity index is 2.43. The highest BCUT2D eigenvalue weighted by Gasteiger charge is 2.08. The zero-order valence-corrected chi connectivity index (χ0v) is 11.6. The molecule has 100 valence electrons. The maximum absolute atomic E-state index is 11.5. The number of aliphatic hydroxyl groups is 1. The molecule has 0 aliphatic rings. The summed E-state index contributed by atoms with van der Waals surface area (Å²) in [6.07, 6.45) is 0.802. The van der Waals surface area contributed by atoms with Gasteiger partial charge in [-0.25, -0.2) is 4.79 Å². The summed E-state index contributed by atoms with van der Waals surface area (Å²) in [7, 11) is 0. The lowest BCUT2D eigenvalue weighted by molar-refractivity contribution is 0.160. The van der Waals surface area contributed by atoms with E-state index in [-0.39, 0.29) is 12.1 Å². The lowest BCUT2D eigenvalue weighted by Gasteiger charge is -2.11. The second kappa shape index (κ2) is 7.46. The van der Waals surface area contributed by atoms with E-state index in [1.807, 2.05) is 6.92 Å². The first-order valence-electron chi connectivity index (χ1n) is 5.71. The summed E-state index contributed by atoms with van der Waals surface area (Å²) in [5, 5.41) is 15.3. The first kappa shape index (κ1) is 15.1. The number of hydrogen-bond acceptors (Lipinski definition) is 2. The third kappa shape index (κ3) is 4.72. The standard InChI is InChI=1S/C12H16Cl2N2O2/c1-2-8(17)6-7-15-12(18)16-10-5-3-4-9(13)11(10)14/h3-5,8,17H,2,6-7H2,1H3,(H2,15,16,18). The fourth-order valence-electron chi connectivity index (χ4n) is 1.32. The first-order chi connectivity index (χ1) is 8.54. The van der Waals surface area contributed by atoms with Crippen molar-refractivity contribution >= 4 is 34.9 Å². The maximum atomic E-state index is 11.5. The van der Waals surface area contributed by atoms with Gasteiger partial charge in [0, 0.05) is 6.54 Å². The van der Waals surface area contributed by atoms with Crippen LogP contribution in [0.5, 0.6) is 0 Å². The topological polar surface area (TPSA) is 61.4 Å². The highest BCUT2D eigenvalue weighted by Crippen LogP contribution is 2.29. The van der Waals surface area contributed by atoms with Crippen molar-refractivity contribution in [2.75, 3.05) is 11.9 Å². The highest BCUT2D eigenvalue weighted by molar-refractivity contribution is 6.43. The van der Waals surface area contributed by atoms with E-state index in [4.69, 9.17) is 23.2 Å². The molecule has 0 aliphatic heterocycles. The van der Waals surface area contributed by atoms with Crippen LogP contribution in [-0.4, -0.2) is 23.8 Å². The second-order valence-corrected chi connectivity index (χ2v) is 4.62. The normalized spacial score (nSPS) is 12.0. The van der Waals surface area contributed by atoms with Crippen LogP contribution in [-0.2, 0) is 0 Å². The Morgan fingerprint density at radius 1 is 1.44 bits per heavy atom. The SMILES string of the molecule is CCC(O)CCNC(=O)Nc1cccc(Cl)c1Cl. The summed E-state index contributed by atoms with van der Waals surface area (Å²) >= 11 is 11.8.